The quantitative estimate of drug-likeness (QED) is 0.842. The number of hydrogen-bond acceptors (Lipinski definition) is 6. The topological polar surface area (TPSA) is 102 Å². The molecule has 1 unspecified atom stereocenters. The molecule has 124 valence electrons. The van der Waals surface area contributed by atoms with Crippen LogP contribution >= 0.6 is 11.3 Å². The lowest BCUT2D eigenvalue weighted by Crippen LogP contribution is -2.37. The van der Waals surface area contributed by atoms with Gasteiger partial charge in [-0.3, -0.25) is 4.79 Å². The van der Waals surface area contributed by atoms with Crippen LogP contribution in [0.15, 0.2) is 0 Å². The fourth-order valence-corrected chi connectivity index (χ4v) is 4.16. The minimum atomic E-state index is -3.11. The molecule has 22 heavy (non-hydrogen) atoms. The maximum Gasteiger partial charge on any atom is 0.243 e. The van der Waals surface area contributed by atoms with Gasteiger partial charge in [-0.2, -0.15) is 0 Å². The van der Waals surface area contributed by atoms with Crippen LogP contribution in [0.2, 0.25) is 0 Å². The number of aromatic nitrogens is 1. The Labute approximate surface area is 135 Å². The molecule has 1 heterocycles. The van der Waals surface area contributed by atoms with Gasteiger partial charge in [0.05, 0.1) is 17.5 Å². The van der Waals surface area contributed by atoms with Gasteiger partial charge in [0.25, 0.3) is 0 Å². The number of anilines is 1. The maximum absolute atomic E-state index is 12.0. The predicted molar refractivity (Wildman–Crippen MR) is 88.9 cm³/mol. The van der Waals surface area contributed by atoms with Crippen molar-refractivity contribution in [2.75, 3.05) is 17.3 Å². The Morgan fingerprint density at radius 3 is 2.68 bits per heavy atom. The van der Waals surface area contributed by atoms with Crippen LogP contribution in [-0.2, 0) is 27.5 Å². The van der Waals surface area contributed by atoms with Crippen LogP contribution in [0.4, 0.5) is 5.13 Å². The van der Waals surface area contributed by atoms with Gasteiger partial charge in [0.1, 0.15) is 9.84 Å². The third kappa shape index (κ3) is 5.33. The first-order valence-corrected chi connectivity index (χ1v) is 10.5. The van der Waals surface area contributed by atoms with Gasteiger partial charge in [0.15, 0.2) is 5.13 Å². The highest BCUT2D eigenvalue weighted by molar-refractivity contribution is 7.90. The number of carbonyl (C=O) groups is 1. The van der Waals surface area contributed by atoms with E-state index in [-0.39, 0.29) is 18.1 Å². The second kappa shape index (κ2) is 7.52. The second-order valence-electron chi connectivity index (χ2n) is 5.82. The van der Waals surface area contributed by atoms with E-state index in [9.17, 15) is 13.2 Å². The minimum absolute atomic E-state index is 0.0873. The summed E-state index contributed by atoms with van der Waals surface area (Å²) >= 11 is 1.51. The summed E-state index contributed by atoms with van der Waals surface area (Å²) < 4.78 is 22.2. The van der Waals surface area contributed by atoms with Gasteiger partial charge in [-0.25, -0.2) is 13.4 Å². The molecule has 1 aromatic rings. The Bertz CT molecular complexity index is 600. The highest BCUT2D eigenvalue weighted by Crippen LogP contribution is 2.28. The van der Waals surface area contributed by atoms with Crippen molar-refractivity contribution in [3.8, 4) is 0 Å². The first kappa shape index (κ1) is 17.4. The average Bonchev–Trinajstić information content (AvgIpc) is 2.76. The van der Waals surface area contributed by atoms with Crippen molar-refractivity contribution in [1.82, 2.24) is 4.98 Å². The molecular weight excluding hydrogens is 322 g/mol. The van der Waals surface area contributed by atoms with Gasteiger partial charge in [-0.1, -0.05) is 12.8 Å². The number of nitrogens with zero attached hydrogens (tertiary/aromatic N) is 1. The molecule has 1 aliphatic rings. The van der Waals surface area contributed by atoms with E-state index < -0.39 is 15.9 Å². The molecule has 2 rings (SSSR count). The lowest BCUT2D eigenvalue weighted by Gasteiger charge is -2.09. The summed E-state index contributed by atoms with van der Waals surface area (Å²) in [5.41, 5.74) is 6.83. The zero-order valence-corrected chi connectivity index (χ0v) is 14.4. The molecule has 0 radical (unpaired) electrons. The lowest BCUT2D eigenvalue weighted by atomic mass is 10.0. The highest BCUT2D eigenvalue weighted by Gasteiger charge is 2.19. The van der Waals surface area contributed by atoms with E-state index in [0.29, 0.717) is 5.13 Å². The van der Waals surface area contributed by atoms with Crippen molar-refractivity contribution in [3.05, 3.63) is 10.6 Å². The summed E-state index contributed by atoms with van der Waals surface area (Å²) in [4.78, 5) is 17.8. The van der Waals surface area contributed by atoms with E-state index in [1.165, 1.54) is 29.1 Å². The van der Waals surface area contributed by atoms with Crippen LogP contribution in [0, 0.1) is 0 Å². The Morgan fingerprint density at radius 1 is 1.32 bits per heavy atom. The van der Waals surface area contributed by atoms with Crippen LogP contribution < -0.4 is 11.1 Å². The zero-order valence-electron chi connectivity index (χ0n) is 12.8. The number of carbonyl (C=O) groups excluding carboxylic acids is 1. The van der Waals surface area contributed by atoms with Crippen LogP contribution in [0.3, 0.4) is 0 Å². The van der Waals surface area contributed by atoms with Gasteiger partial charge in [-0.05, 0) is 32.1 Å². The monoisotopic (exact) mass is 345 g/mol. The van der Waals surface area contributed by atoms with E-state index in [0.717, 1.165) is 37.6 Å². The van der Waals surface area contributed by atoms with Crippen LogP contribution in [0.25, 0.3) is 0 Å². The zero-order chi connectivity index (χ0) is 16.2. The number of amides is 1. The molecule has 0 spiro atoms. The summed E-state index contributed by atoms with van der Waals surface area (Å²) in [6, 6.07) is -0.832. The molecule has 6 nitrogen and oxygen atoms in total. The molecule has 0 aromatic carbocycles. The Morgan fingerprint density at radius 2 is 2.00 bits per heavy atom. The number of aryl methyl sites for hydroxylation is 2. The molecule has 1 aromatic heterocycles. The third-order valence-corrected chi connectivity index (χ3v) is 5.76. The SMILES string of the molecule is CS(=O)(=O)CCC(N)C(=O)Nc1nc2c(s1)CCCCCC2. The Balaban J connectivity index is 1.95. The number of sulfone groups is 1. The molecule has 1 aliphatic carbocycles. The summed E-state index contributed by atoms with van der Waals surface area (Å²) in [5.74, 6) is -0.457. The molecule has 0 aliphatic heterocycles. The Hall–Kier alpha value is -0.990. The van der Waals surface area contributed by atoms with E-state index in [2.05, 4.69) is 10.3 Å². The van der Waals surface area contributed by atoms with Crippen LogP contribution in [0.1, 0.15) is 42.7 Å². The molecular formula is C14H23N3O3S2. The molecule has 0 fully saturated rings. The lowest BCUT2D eigenvalue weighted by molar-refractivity contribution is -0.117. The van der Waals surface area contributed by atoms with E-state index in [4.69, 9.17) is 5.73 Å². The first-order chi connectivity index (χ1) is 10.3. The van der Waals surface area contributed by atoms with E-state index in [1.807, 2.05) is 0 Å². The van der Waals surface area contributed by atoms with E-state index in [1.54, 1.807) is 0 Å². The van der Waals surface area contributed by atoms with Crippen molar-refractivity contribution in [2.24, 2.45) is 5.73 Å². The number of rotatable bonds is 5. The largest absolute Gasteiger partial charge is 0.320 e. The summed E-state index contributed by atoms with van der Waals surface area (Å²) in [6.45, 7) is 0. The smallest absolute Gasteiger partial charge is 0.243 e. The molecule has 1 amide bonds. The fourth-order valence-electron chi connectivity index (χ4n) is 2.43. The summed E-state index contributed by atoms with van der Waals surface area (Å²) in [7, 11) is -3.11. The van der Waals surface area contributed by atoms with E-state index >= 15 is 0 Å². The number of thiazole rings is 1. The molecule has 1 atom stereocenters. The van der Waals surface area contributed by atoms with Crippen molar-refractivity contribution in [3.63, 3.8) is 0 Å². The summed E-state index contributed by atoms with van der Waals surface area (Å²) in [6.07, 6.45) is 8.01. The standard InChI is InChI=1S/C14H23N3O3S2/c1-22(19,20)9-8-10(15)13(18)17-14-16-11-6-4-2-3-5-7-12(11)21-14/h10H,2-9,15H2,1H3,(H,16,17,18). The second-order valence-corrected chi connectivity index (χ2v) is 9.16. The maximum atomic E-state index is 12.0. The minimum Gasteiger partial charge on any atom is -0.320 e. The van der Waals surface area contributed by atoms with Gasteiger partial charge in [0, 0.05) is 11.1 Å². The molecule has 0 saturated heterocycles. The highest BCUT2D eigenvalue weighted by atomic mass is 32.2. The fraction of sp³-hybridized carbons (Fsp3) is 0.714. The van der Waals surface area contributed by atoms with Crippen molar-refractivity contribution >= 4 is 32.2 Å². The van der Waals surface area contributed by atoms with Crippen molar-refractivity contribution < 1.29 is 13.2 Å². The van der Waals surface area contributed by atoms with Gasteiger partial charge in [-0.15, -0.1) is 11.3 Å². The number of nitrogens with one attached hydrogen (secondary N) is 1. The van der Waals surface area contributed by atoms with Gasteiger partial charge in [0.2, 0.25) is 5.91 Å². The average molecular weight is 345 g/mol. The number of nitrogens with two attached hydrogens (primary N) is 1. The van der Waals surface area contributed by atoms with Crippen molar-refractivity contribution in [1.29, 1.82) is 0 Å². The molecule has 3 N–H and O–H groups in total. The predicted octanol–water partition coefficient (Wildman–Crippen LogP) is 1.50. The first-order valence-electron chi connectivity index (χ1n) is 7.58. The Kier molecular flexibility index (Phi) is 5.94. The number of fused-ring (bicyclic) bond motifs is 1. The van der Waals surface area contributed by atoms with Crippen LogP contribution in [0.5, 0.6) is 0 Å². The number of hydrogen-bond donors (Lipinski definition) is 2. The molecule has 0 bridgehead atoms. The van der Waals surface area contributed by atoms with Crippen molar-refractivity contribution in [2.45, 2.75) is 51.0 Å². The van der Waals surface area contributed by atoms with Gasteiger partial charge >= 0.3 is 0 Å². The molecule has 0 saturated carbocycles. The normalized spacial score (nSPS) is 17.2. The van der Waals surface area contributed by atoms with Gasteiger partial charge < -0.3 is 11.1 Å². The van der Waals surface area contributed by atoms with Crippen LogP contribution in [-0.4, -0.2) is 37.4 Å². The molecule has 8 heteroatoms. The summed E-state index contributed by atoms with van der Waals surface area (Å²) in [5, 5.41) is 3.30. The third-order valence-electron chi connectivity index (χ3n) is 3.71.